The third-order valence-electron chi connectivity index (χ3n) is 4.29. The maximum atomic E-state index is 12.9. The summed E-state index contributed by atoms with van der Waals surface area (Å²) in [5.41, 5.74) is 1.24. The Morgan fingerprint density at radius 3 is 2.66 bits per heavy atom. The number of benzene rings is 1. The molecule has 0 aliphatic rings. The van der Waals surface area contributed by atoms with Gasteiger partial charge in [0.05, 0.1) is 11.7 Å². The van der Waals surface area contributed by atoms with Gasteiger partial charge in [-0.15, -0.1) is 11.3 Å². The van der Waals surface area contributed by atoms with Gasteiger partial charge in [0.1, 0.15) is 11.4 Å². The van der Waals surface area contributed by atoms with Crippen LogP contribution in [0.1, 0.15) is 20.3 Å². The van der Waals surface area contributed by atoms with Crippen molar-refractivity contribution in [2.75, 3.05) is 6.54 Å². The summed E-state index contributed by atoms with van der Waals surface area (Å²) in [5.74, 6) is -0.138. The van der Waals surface area contributed by atoms with Gasteiger partial charge in [0.2, 0.25) is 5.91 Å². The van der Waals surface area contributed by atoms with Crippen molar-refractivity contribution in [3.63, 3.8) is 0 Å². The lowest BCUT2D eigenvalue weighted by molar-refractivity contribution is -0.120. The molecule has 0 fully saturated rings. The zero-order valence-electron chi connectivity index (χ0n) is 16.1. The summed E-state index contributed by atoms with van der Waals surface area (Å²) < 4.78 is 1.20. The molecule has 0 bridgehead atoms. The second-order valence-corrected chi connectivity index (χ2v) is 8.30. The van der Waals surface area contributed by atoms with Crippen molar-refractivity contribution in [2.24, 2.45) is 5.92 Å². The Morgan fingerprint density at radius 2 is 1.97 bits per heavy atom. The van der Waals surface area contributed by atoms with E-state index >= 15 is 0 Å². The molecular formula is C20H21ClN4O3S. The fourth-order valence-electron chi connectivity index (χ4n) is 2.76. The maximum absolute atomic E-state index is 12.9. The van der Waals surface area contributed by atoms with Gasteiger partial charge in [-0.2, -0.15) is 0 Å². The number of aromatic nitrogens is 2. The molecule has 0 saturated carbocycles. The number of urea groups is 1. The second-order valence-electron chi connectivity index (χ2n) is 7.00. The molecule has 2 aromatic heterocycles. The Morgan fingerprint density at radius 1 is 1.24 bits per heavy atom. The van der Waals surface area contributed by atoms with Crippen LogP contribution < -0.4 is 16.2 Å². The van der Waals surface area contributed by atoms with E-state index in [4.69, 9.17) is 11.6 Å². The van der Waals surface area contributed by atoms with Crippen molar-refractivity contribution in [2.45, 2.75) is 26.8 Å². The highest BCUT2D eigenvalue weighted by atomic mass is 35.5. The number of nitrogens with zero attached hydrogens (tertiary/aromatic N) is 2. The lowest BCUT2D eigenvalue weighted by atomic mass is 10.1. The van der Waals surface area contributed by atoms with E-state index in [-0.39, 0.29) is 12.1 Å². The minimum atomic E-state index is -0.585. The molecule has 29 heavy (non-hydrogen) atoms. The van der Waals surface area contributed by atoms with Gasteiger partial charge in [-0.25, -0.2) is 9.78 Å². The fraction of sp³-hybridized carbons (Fsp3) is 0.300. The molecule has 2 N–H and O–H groups in total. The number of rotatable bonds is 6. The Bertz CT molecular complexity index is 1090. The van der Waals surface area contributed by atoms with Crippen molar-refractivity contribution in [3.05, 3.63) is 51.3 Å². The fourth-order valence-corrected chi connectivity index (χ4v) is 3.79. The van der Waals surface area contributed by atoms with Crippen LogP contribution in [0.25, 0.3) is 21.3 Å². The number of thiophene rings is 1. The second kappa shape index (κ2) is 9.19. The number of hydrogen-bond acceptors (Lipinski definition) is 5. The van der Waals surface area contributed by atoms with E-state index in [0.29, 0.717) is 27.7 Å². The smallest absolute Gasteiger partial charge is 0.321 e. The van der Waals surface area contributed by atoms with Crippen molar-refractivity contribution in [3.8, 4) is 11.1 Å². The van der Waals surface area contributed by atoms with Crippen LogP contribution >= 0.6 is 22.9 Å². The highest BCUT2D eigenvalue weighted by Crippen LogP contribution is 2.31. The highest BCUT2D eigenvalue weighted by Gasteiger charge is 2.15. The predicted octanol–water partition coefficient (Wildman–Crippen LogP) is 3.65. The normalized spacial score (nSPS) is 11.0. The van der Waals surface area contributed by atoms with Gasteiger partial charge in [0, 0.05) is 22.5 Å². The SMILES string of the molecule is CC(C)CCNC(=O)NC(=O)Cn1cnc2scc(-c3ccc(Cl)cc3)c2c1=O. The molecule has 0 radical (unpaired) electrons. The minimum Gasteiger partial charge on any atom is -0.338 e. The third-order valence-corrected chi connectivity index (χ3v) is 5.43. The topological polar surface area (TPSA) is 93.1 Å². The van der Waals surface area contributed by atoms with Gasteiger partial charge in [0.15, 0.2) is 0 Å². The van der Waals surface area contributed by atoms with Crippen LogP contribution in [0.2, 0.25) is 5.02 Å². The summed E-state index contributed by atoms with van der Waals surface area (Å²) in [6.07, 6.45) is 2.14. The number of imide groups is 1. The van der Waals surface area contributed by atoms with Gasteiger partial charge in [0.25, 0.3) is 5.56 Å². The first-order chi connectivity index (χ1) is 13.8. The highest BCUT2D eigenvalue weighted by molar-refractivity contribution is 7.17. The van der Waals surface area contributed by atoms with Gasteiger partial charge in [-0.3, -0.25) is 19.5 Å². The number of carbonyl (C=O) groups excluding carboxylic acids is 2. The molecule has 9 heteroatoms. The molecule has 3 amide bonds. The first kappa shape index (κ1) is 21.0. The Hall–Kier alpha value is -2.71. The molecule has 0 aliphatic carbocycles. The molecule has 3 rings (SSSR count). The standard InChI is InChI=1S/C20H21ClN4O3S/c1-12(2)7-8-22-20(28)24-16(26)9-25-11-23-18-17(19(25)27)15(10-29-18)13-3-5-14(21)6-4-13/h3-6,10-12H,7-9H2,1-2H3,(H2,22,24,26,28). The molecule has 2 heterocycles. The number of halogens is 1. The van der Waals surface area contributed by atoms with E-state index in [0.717, 1.165) is 17.5 Å². The number of amides is 3. The van der Waals surface area contributed by atoms with Crippen LogP contribution in [0.4, 0.5) is 4.79 Å². The van der Waals surface area contributed by atoms with E-state index < -0.39 is 11.9 Å². The summed E-state index contributed by atoms with van der Waals surface area (Å²) in [4.78, 5) is 41.8. The molecular weight excluding hydrogens is 412 g/mol. The summed E-state index contributed by atoms with van der Waals surface area (Å²) in [7, 11) is 0. The van der Waals surface area contributed by atoms with Crippen LogP contribution in [0, 0.1) is 5.92 Å². The Balaban J connectivity index is 1.77. The third kappa shape index (κ3) is 5.21. The lowest BCUT2D eigenvalue weighted by Crippen LogP contribution is -2.42. The Labute approximate surface area is 176 Å². The van der Waals surface area contributed by atoms with Gasteiger partial charge in [-0.1, -0.05) is 37.6 Å². The first-order valence-corrected chi connectivity index (χ1v) is 10.4. The van der Waals surface area contributed by atoms with E-state index in [1.807, 2.05) is 31.4 Å². The molecule has 0 aliphatic heterocycles. The first-order valence-electron chi connectivity index (χ1n) is 9.15. The molecule has 1 aromatic carbocycles. The molecule has 0 unspecified atom stereocenters. The molecule has 3 aromatic rings. The monoisotopic (exact) mass is 432 g/mol. The van der Waals surface area contributed by atoms with Gasteiger partial charge in [-0.05, 0) is 30.0 Å². The summed E-state index contributed by atoms with van der Waals surface area (Å²) in [6, 6.07) is 6.58. The summed E-state index contributed by atoms with van der Waals surface area (Å²) in [6.45, 7) is 4.27. The minimum absolute atomic E-state index is 0.296. The van der Waals surface area contributed by atoms with Gasteiger partial charge < -0.3 is 5.32 Å². The van der Waals surface area contributed by atoms with Crippen LogP contribution in [0.3, 0.4) is 0 Å². The summed E-state index contributed by atoms with van der Waals surface area (Å²) in [5, 5.41) is 7.76. The van der Waals surface area contributed by atoms with E-state index in [2.05, 4.69) is 15.6 Å². The zero-order chi connectivity index (χ0) is 21.0. The molecule has 0 spiro atoms. The van der Waals surface area contributed by atoms with Crippen molar-refractivity contribution in [1.29, 1.82) is 0 Å². The van der Waals surface area contributed by atoms with Crippen LogP contribution in [-0.4, -0.2) is 28.0 Å². The predicted molar refractivity (Wildman–Crippen MR) is 115 cm³/mol. The molecule has 0 saturated heterocycles. The largest absolute Gasteiger partial charge is 0.338 e. The van der Waals surface area contributed by atoms with E-state index in [1.165, 1.54) is 22.2 Å². The van der Waals surface area contributed by atoms with Crippen molar-refractivity contribution < 1.29 is 9.59 Å². The molecule has 7 nitrogen and oxygen atoms in total. The van der Waals surface area contributed by atoms with Crippen LogP contribution in [0.5, 0.6) is 0 Å². The average Bonchev–Trinajstić information content (AvgIpc) is 3.09. The number of hydrogen-bond donors (Lipinski definition) is 2. The summed E-state index contributed by atoms with van der Waals surface area (Å²) >= 11 is 7.30. The molecule has 152 valence electrons. The van der Waals surface area contributed by atoms with Crippen LogP contribution in [-0.2, 0) is 11.3 Å². The number of nitrogens with one attached hydrogen (secondary N) is 2. The quantitative estimate of drug-likeness (QED) is 0.621. The van der Waals surface area contributed by atoms with Gasteiger partial charge >= 0.3 is 6.03 Å². The zero-order valence-corrected chi connectivity index (χ0v) is 17.6. The van der Waals surface area contributed by atoms with E-state index in [1.54, 1.807) is 12.1 Å². The van der Waals surface area contributed by atoms with Crippen LogP contribution in [0.15, 0.2) is 40.8 Å². The molecule has 0 atom stereocenters. The number of fused-ring (bicyclic) bond motifs is 1. The van der Waals surface area contributed by atoms with E-state index in [9.17, 15) is 14.4 Å². The van der Waals surface area contributed by atoms with Crippen molar-refractivity contribution in [1.82, 2.24) is 20.2 Å². The van der Waals surface area contributed by atoms with Crippen molar-refractivity contribution >= 4 is 45.1 Å². The Kier molecular flexibility index (Phi) is 6.66. The maximum Gasteiger partial charge on any atom is 0.321 e. The average molecular weight is 433 g/mol. The lowest BCUT2D eigenvalue weighted by Gasteiger charge is -2.09. The number of carbonyl (C=O) groups is 2.